The Morgan fingerprint density at radius 1 is 0.864 bits per heavy atom. The fourth-order valence-electron chi connectivity index (χ4n) is 7.11. The molecule has 240 valence electrons. The highest BCUT2D eigenvalue weighted by Crippen LogP contribution is 2.57. The minimum Gasteiger partial charge on any atom is -0.481 e. The Hall–Kier alpha value is -3.20. The van der Waals surface area contributed by atoms with Crippen LogP contribution in [0.3, 0.4) is 0 Å². The number of fused-ring (bicyclic) bond motifs is 3. The topological polar surface area (TPSA) is 112 Å². The van der Waals surface area contributed by atoms with Gasteiger partial charge >= 0.3 is 24.0 Å². The van der Waals surface area contributed by atoms with E-state index in [-0.39, 0.29) is 73.6 Å². The molecule has 0 bridgehead atoms. The van der Waals surface area contributed by atoms with E-state index in [0.29, 0.717) is 6.07 Å². The first-order valence-electron chi connectivity index (χ1n) is 13.8. The van der Waals surface area contributed by atoms with Gasteiger partial charge < -0.3 is 15.1 Å². The van der Waals surface area contributed by atoms with Crippen LogP contribution in [-0.4, -0.2) is 65.9 Å². The van der Waals surface area contributed by atoms with Gasteiger partial charge in [0.15, 0.2) is 9.84 Å². The average Bonchev–Trinajstić information content (AvgIpc) is 3.37. The molecule has 2 fully saturated rings. The molecule has 0 radical (unpaired) electrons. The number of hydrogen-bond acceptors (Lipinski definition) is 5. The largest absolute Gasteiger partial charge is 0.481 e. The first-order valence-corrected chi connectivity index (χ1v) is 15.3. The molecule has 2 atom stereocenters. The molecule has 5 rings (SSSR count). The van der Waals surface area contributed by atoms with E-state index in [9.17, 15) is 59.0 Å². The normalized spacial score (nSPS) is 27.9. The molecule has 7 nitrogen and oxygen atoms in total. The molecule has 0 unspecified atom stereocenters. The zero-order valence-electron chi connectivity index (χ0n) is 23.0. The number of benzene rings is 2. The zero-order valence-corrected chi connectivity index (χ0v) is 23.8. The van der Waals surface area contributed by atoms with Crippen molar-refractivity contribution < 1.29 is 59.0 Å². The molecule has 1 saturated heterocycles. The Kier molecular flexibility index (Phi) is 7.63. The van der Waals surface area contributed by atoms with Crippen molar-refractivity contribution in [2.45, 2.75) is 84.3 Å². The van der Waals surface area contributed by atoms with Crippen LogP contribution < -0.4 is 0 Å². The third-order valence-corrected chi connectivity index (χ3v) is 12.0. The summed E-state index contributed by atoms with van der Waals surface area (Å²) in [6, 6.07) is 7.22. The fourth-order valence-corrected chi connectivity index (χ4v) is 9.49. The van der Waals surface area contributed by atoms with Crippen molar-refractivity contribution in [2.75, 3.05) is 6.54 Å². The number of carbonyl (C=O) groups is 2. The van der Waals surface area contributed by atoms with Crippen LogP contribution in [0, 0.1) is 5.92 Å². The summed E-state index contributed by atoms with van der Waals surface area (Å²) < 4.78 is 123. The fraction of sp³-hybridized carbons (Fsp3) is 0.517. The van der Waals surface area contributed by atoms with Gasteiger partial charge in [0, 0.05) is 12.1 Å². The number of aryl methyl sites for hydroxylation is 1. The second kappa shape index (κ2) is 10.4. The number of carbonyl (C=O) groups excluding carboxylic acids is 1. The van der Waals surface area contributed by atoms with Crippen LogP contribution in [0.4, 0.5) is 30.7 Å². The van der Waals surface area contributed by atoms with Crippen LogP contribution in [0.15, 0.2) is 53.4 Å². The van der Waals surface area contributed by atoms with Gasteiger partial charge in [-0.3, -0.25) is 9.59 Å². The number of carboxylic acid groups (broad SMARTS) is 1. The van der Waals surface area contributed by atoms with Crippen molar-refractivity contribution in [1.29, 1.82) is 0 Å². The SMILES string of the molecule is O=C(O)C1CCC(O)(C(=O)N2CC[C@@]3(S(=O)(=O)c4ccccc4)c4ccc(C(F)(C(F)(F)F)C(F)(F)F)cc4CC[C@@H]23)CC1. The molecular weight excluding hydrogens is 623 g/mol. The molecule has 0 spiro atoms. The van der Waals surface area contributed by atoms with Gasteiger partial charge in [0.25, 0.3) is 5.91 Å². The summed E-state index contributed by atoms with van der Waals surface area (Å²) in [5, 5.41) is 20.6. The van der Waals surface area contributed by atoms with E-state index in [2.05, 4.69) is 0 Å². The van der Waals surface area contributed by atoms with Crippen LogP contribution in [0.25, 0.3) is 0 Å². The Balaban J connectivity index is 1.63. The molecule has 2 aliphatic carbocycles. The quantitative estimate of drug-likeness (QED) is 0.431. The van der Waals surface area contributed by atoms with Crippen molar-refractivity contribution in [3.8, 4) is 0 Å². The number of amides is 1. The molecule has 1 saturated carbocycles. The van der Waals surface area contributed by atoms with Gasteiger partial charge in [-0.15, -0.1) is 0 Å². The molecule has 1 heterocycles. The Morgan fingerprint density at radius 2 is 1.45 bits per heavy atom. The summed E-state index contributed by atoms with van der Waals surface area (Å²) in [6.07, 6.45) is -13.9. The third kappa shape index (κ3) is 4.60. The highest BCUT2D eigenvalue weighted by Gasteiger charge is 2.74. The van der Waals surface area contributed by atoms with Gasteiger partial charge in [0.1, 0.15) is 10.3 Å². The van der Waals surface area contributed by atoms with Gasteiger partial charge in [-0.25, -0.2) is 12.8 Å². The van der Waals surface area contributed by atoms with Crippen molar-refractivity contribution in [3.63, 3.8) is 0 Å². The summed E-state index contributed by atoms with van der Waals surface area (Å²) in [5.74, 6) is -2.68. The minimum atomic E-state index is -6.36. The number of alkyl halides is 7. The Labute approximate surface area is 247 Å². The number of aliphatic hydroxyl groups is 1. The summed E-state index contributed by atoms with van der Waals surface area (Å²) in [7, 11) is -4.51. The van der Waals surface area contributed by atoms with Gasteiger partial charge in [0.05, 0.1) is 16.9 Å². The van der Waals surface area contributed by atoms with Crippen LogP contribution in [0.2, 0.25) is 0 Å². The van der Waals surface area contributed by atoms with Crippen molar-refractivity contribution >= 4 is 21.7 Å². The standard InChI is InChI=1S/C29H28F7NO6S/c30-27(28(31,32)33,29(34,35)36)19-7-8-21-18(16-19)6-9-22-26(21,44(42,43)20-4-2-1-3-5-20)14-15-37(22)24(40)25(41)12-10-17(11-13-25)23(38)39/h1-5,7-8,16-17,22,41H,6,9-15H2,(H,38,39)/t17?,22-,25?,26-/m1/s1. The maximum absolute atomic E-state index is 15.0. The van der Waals surface area contributed by atoms with E-state index in [1.165, 1.54) is 35.2 Å². The molecular formula is C29H28F7NO6S. The number of aliphatic carboxylic acids is 1. The first kappa shape index (κ1) is 32.2. The van der Waals surface area contributed by atoms with Crippen molar-refractivity contribution in [1.82, 2.24) is 4.90 Å². The van der Waals surface area contributed by atoms with Gasteiger partial charge in [-0.2, -0.15) is 26.3 Å². The van der Waals surface area contributed by atoms with E-state index in [1.54, 1.807) is 0 Å². The van der Waals surface area contributed by atoms with Crippen LogP contribution in [0.1, 0.15) is 55.2 Å². The van der Waals surface area contributed by atoms with E-state index in [1.807, 2.05) is 0 Å². The van der Waals surface area contributed by atoms with Crippen LogP contribution in [-0.2, 0) is 36.3 Å². The molecule has 44 heavy (non-hydrogen) atoms. The summed E-state index contributed by atoms with van der Waals surface area (Å²) in [6.45, 7) is -0.223. The lowest BCUT2D eigenvalue weighted by molar-refractivity contribution is -0.348. The van der Waals surface area contributed by atoms with E-state index in [4.69, 9.17) is 0 Å². The number of sulfone groups is 1. The van der Waals surface area contributed by atoms with E-state index >= 15 is 0 Å². The molecule has 15 heteroatoms. The lowest BCUT2D eigenvalue weighted by Gasteiger charge is -2.45. The lowest BCUT2D eigenvalue weighted by atomic mass is 9.75. The van der Waals surface area contributed by atoms with Crippen LogP contribution >= 0.6 is 0 Å². The maximum atomic E-state index is 15.0. The summed E-state index contributed by atoms with van der Waals surface area (Å²) in [4.78, 5) is 26.2. The third-order valence-electron chi connectivity index (χ3n) is 9.42. The van der Waals surface area contributed by atoms with E-state index < -0.39 is 67.6 Å². The number of rotatable bonds is 5. The average molecular weight is 652 g/mol. The number of likely N-dealkylation sites (tertiary alicyclic amines) is 1. The van der Waals surface area contributed by atoms with Gasteiger partial charge in [-0.1, -0.05) is 36.4 Å². The smallest absolute Gasteiger partial charge is 0.435 e. The zero-order chi connectivity index (χ0) is 32.5. The predicted octanol–water partition coefficient (Wildman–Crippen LogP) is 5.20. The first-order chi connectivity index (χ1) is 20.3. The minimum absolute atomic E-state index is 0.00145. The van der Waals surface area contributed by atoms with Crippen LogP contribution in [0.5, 0.6) is 0 Å². The highest BCUT2D eigenvalue weighted by atomic mass is 32.2. The van der Waals surface area contributed by atoms with Crippen molar-refractivity contribution in [2.24, 2.45) is 5.92 Å². The van der Waals surface area contributed by atoms with Gasteiger partial charge in [-0.05, 0) is 68.2 Å². The molecule has 2 aromatic rings. The second-order valence-corrected chi connectivity index (χ2v) is 13.9. The number of halogens is 7. The molecule has 3 aliphatic rings. The van der Waals surface area contributed by atoms with Crippen molar-refractivity contribution in [3.05, 3.63) is 65.2 Å². The summed E-state index contributed by atoms with van der Waals surface area (Å²) >= 11 is 0. The predicted molar refractivity (Wildman–Crippen MR) is 140 cm³/mol. The Morgan fingerprint density at radius 3 is 2.00 bits per heavy atom. The molecule has 1 aliphatic heterocycles. The molecule has 0 aromatic heterocycles. The van der Waals surface area contributed by atoms with Gasteiger partial charge in [0.2, 0.25) is 0 Å². The molecule has 1 amide bonds. The summed E-state index contributed by atoms with van der Waals surface area (Å²) in [5.41, 5.74) is -9.82. The number of carboxylic acids is 1. The number of hydrogen-bond donors (Lipinski definition) is 2. The van der Waals surface area contributed by atoms with E-state index in [0.717, 1.165) is 6.07 Å². The Bertz CT molecular complexity index is 1550. The molecule has 2 N–H and O–H groups in total. The highest BCUT2D eigenvalue weighted by molar-refractivity contribution is 7.92. The molecule has 2 aromatic carbocycles. The maximum Gasteiger partial charge on any atom is 0.435 e. The monoisotopic (exact) mass is 651 g/mol. The lowest BCUT2D eigenvalue weighted by Crippen LogP contribution is -2.57. The second-order valence-electron chi connectivity index (χ2n) is 11.7. The number of nitrogens with zero attached hydrogens (tertiary/aromatic N) is 1.